The van der Waals surface area contributed by atoms with Crippen molar-refractivity contribution in [2.24, 2.45) is 5.92 Å². The van der Waals surface area contributed by atoms with Gasteiger partial charge in [0, 0.05) is 18.4 Å². The van der Waals surface area contributed by atoms with Crippen LogP contribution in [0.25, 0.3) is 6.08 Å². The van der Waals surface area contributed by atoms with Gasteiger partial charge in [-0.05, 0) is 42.5 Å². The molecule has 2 atom stereocenters. The highest BCUT2D eigenvalue weighted by atomic mass is 14.9. The van der Waals surface area contributed by atoms with E-state index >= 15 is 0 Å². The maximum absolute atomic E-state index is 4.22. The highest BCUT2D eigenvalue weighted by Crippen LogP contribution is 2.36. The highest BCUT2D eigenvalue weighted by Gasteiger charge is 2.28. The van der Waals surface area contributed by atoms with Crippen LogP contribution in [0.5, 0.6) is 0 Å². The van der Waals surface area contributed by atoms with Crippen molar-refractivity contribution in [3.05, 3.63) is 35.7 Å². The van der Waals surface area contributed by atoms with E-state index in [4.69, 9.17) is 0 Å². The summed E-state index contributed by atoms with van der Waals surface area (Å²) in [5.74, 6) is 0.681. The molecule has 2 nitrogen and oxygen atoms in total. The Hall–Kier alpha value is -1.15. The molecule has 0 bridgehead atoms. The first kappa shape index (κ1) is 8.18. The maximum atomic E-state index is 4.22. The second-order valence-electron chi connectivity index (χ2n) is 4.10. The Morgan fingerprint density at radius 1 is 1.43 bits per heavy atom. The summed E-state index contributed by atoms with van der Waals surface area (Å²) in [6, 6.07) is 2.61. The Balaban J connectivity index is 2.05. The first-order valence-corrected chi connectivity index (χ1v) is 5.30. The zero-order chi connectivity index (χ0) is 9.38. The predicted octanol–water partition coefficient (Wildman–Crippen LogP) is 2.15. The van der Waals surface area contributed by atoms with E-state index in [0.717, 1.165) is 6.54 Å². The highest BCUT2D eigenvalue weighted by molar-refractivity contribution is 5.57. The topological polar surface area (TPSA) is 24.9 Å². The number of nitrogens with zero attached hydrogens (tertiary/aromatic N) is 1. The normalized spacial score (nSPS) is 29.4. The number of hydrogen-bond donors (Lipinski definition) is 1. The Morgan fingerprint density at radius 3 is 3.43 bits per heavy atom. The molecule has 2 heteroatoms. The fourth-order valence-corrected chi connectivity index (χ4v) is 2.52. The van der Waals surface area contributed by atoms with E-state index in [1.54, 1.807) is 0 Å². The molecule has 72 valence electrons. The van der Waals surface area contributed by atoms with Gasteiger partial charge in [-0.25, -0.2) is 0 Å². The van der Waals surface area contributed by atoms with Gasteiger partial charge in [0.15, 0.2) is 0 Å². The number of rotatable bonds is 0. The molecule has 0 amide bonds. The molecule has 1 aliphatic carbocycles. The van der Waals surface area contributed by atoms with E-state index in [1.807, 2.05) is 12.4 Å². The van der Waals surface area contributed by atoms with Crippen molar-refractivity contribution in [1.82, 2.24) is 10.3 Å². The molecule has 2 heterocycles. The molecule has 1 aromatic heterocycles. The van der Waals surface area contributed by atoms with Crippen LogP contribution in [0, 0.1) is 5.92 Å². The molecule has 0 saturated carbocycles. The van der Waals surface area contributed by atoms with Crippen molar-refractivity contribution in [3.63, 3.8) is 0 Å². The van der Waals surface area contributed by atoms with Gasteiger partial charge in [-0.3, -0.25) is 4.98 Å². The van der Waals surface area contributed by atoms with Crippen LogP contribution in [0.15, 0.2) is 24.5 Å². The molecule has 0 radical (unpaired) electrons. The third-order valence-electron chi connectivity index (χ3n) is 3.25. The molecule has 14 heavy (non-hydrogen) atoms. The van der Waals surface area contributed by atoms with Crippen molar-refractivity contribution in [3.8, 4) is 0 Å². The van der Waals surface area contributed by atoms with Crippen LogP contribution < -0.4 is 5.32 Å². The lowest BCUT2D eigenvalue weighted by Gasteiger charge is -2.34. The van der Waals surface area contributed by atoms with E-state index in [2.05, 4.69) is 28.5 Å². The van der Waals surface area contributed by atoms with Crippen molar-refractivity contribution >= 4 is 6.08 Å². The summed E-state index contributed by atoms with van der Waals surface area (Å²) in [5, 5.41) is 3.59. The van der Waals surface area contributed by atoms with Crippen LogP contribution in [-0.4, -0.2) is 11.5 Å². The lowest BCUT2D eigenvalue weighted by Crippen LogP contribution is -2.35. The van der Waals surface area contributed by atoms with E-state index in [9.17, 15) is 0 Å². The fourth-order valence-electron chi connectivity index (χ4n) is 2.52. The Kier molecular flexibility index (Phi) is 1.88. The molecular weight excluding hydrogens is 172 g/mol. The van der Waals surface area contributed by atoms with Gasteiger partial charge >= 0.3 is 0 Å². The lowest BCUT2D eigenvalue weighted by atomic mass is 9.81. The summed E-state index contributed by atoms with van der Waals surface area (Å²) in [7, 11) is 0. The van der Waals surface area contributed by atoms with E-state index in [0.29, 0.717) is 12.0 Å². The zero-order valence-electron chi connectivity index (χ0n) is 8.11. The summed E-state index contributed by atoms with van der Waals surface area (Å²) in [4.78, 5) is 4.22. The van der Waals surface area contributed by atoms with Crippen molar-refractivity contribution in [2.45, 2.75) is 18.9 Å². The van der Waals surface area contributed by atoms with Gasteiger partial charge in [-0.1, -0.05) is 12.2 Å². The summed E-state index contributed by atoms with van der Waals surface area (Å²) >= 11 is 0. The minimum atomic E-state index is 0.512. The number of fused-ring (bicyclic) bond motifs is 3. The molecule has 2 aliphatic rings. The molecule has 1 fully saturated rings. The second-order valence-corrected chi connectivity index (χ2v) is 4.10. The first-order chi connectivity index (χ1) is 6.95. The van der Waals surface area contributed by atoms with Crippen LogP contribution in [0.2, 0.25) is 0 Å². The molecule has 0 aromatic carbocycles. The smallest absolute Gasteiger partial charge is 0.0405 e. The molecule has 1 aromatic rings. The minimum absolute atomic E-state index is 0.512. The number of aromatic nitrogens is 1. The number of nitrogens with one attached hydrogen (secondary N) is 1. The average Bonchev–Trinajstić information content (AvgIpc) is 2.29. The molecular formula is C12H14N2. The van der Waals surface area contributed by atoms with Crippen LogP contribution >= 0.6 is 0 Å². The SMILES string of the molecule is C1=C[C@H]2CCCN[C@H]2c2cnccc21. The molecule has 1 N–H and O–H groups in total. The van der Waals surface area contributed by atoms with Crippen molar-refractivity contribution < 1.29 is 0 Å². The third-order valence-corrected chi connectivity index (χ3v) is 3.25. The third kappa shape index (κ3) is 1.18. The van der Waals surface area contributed by atoms with Gasteiger partial charge < -0.3 is 5.32 Å². The number of pyridine rings is 1. The van der Waals surface area contributed by atoms with E-state index in [1.165, 1.54) is 24.0 Å². The zero-order valence-corrected chi connectivity index (χ0v) is 8.11. The van der Waals surface area contributed by atoms with Crippen molar-refractivity contribution in [1.29, 1.82) is 0 Å². The molecule has 0 spiro atoms. The second kappa shape index (κ2) is 3.21. The summed E-state index contributed by atoms with van der Waals surface area (Å²) in [6.07, 6.45) is 11.1. The van der Waals surface area contributed by atoms with Gasteiger partial charge in [0.1, 0.15) is 0 Å². The van der Waals surface area contributed by atoms with Crippen LogP contribution in [0.4, 0.5) is 0 Å². The maximum Gasteiger partial charge on any atom is 0.0405 e. The predicted molar refractivity (Wildman–Crippen MR) is 56.7 cm³/mol. The van der Waals surface area contributed by atoms with Gasteiger partial charge in [0.05, 0.1) is 0 Å². The van der Waals surface area contributed by atoms with Crippen LogP contribution in [0.3, 0.4) is 0 Å². The molecule has 1 saturated heterocycles. The van der Waals surface area contributed by atoms with E-state index in [-0.39, 0.29) is 0 Å². The summed E-state index contributed by atoms with van der Waals surface area (Å²) in [6.45, 7) is 1.14. The molecule has 0 unspecified atom stereocenters. The largest absolute Gasteiger partial charge is 0.309 e. The summed E-state index contributed by atoms with van der Waals surface area (Å²) in [5.41, 5.74) is 2.70. The first-order valence-electron chi connectivity index (χ1n) is 5.30. The van der Waals surface area contributed by atoms with Crippen molar-refractivity contribution in [2.75, 3.05) is 6.54 Å². The van der Waals surface area contributed by atoms with Gasteiger partial charge in [-0.15, -0.1) is 0 Å². The standard InChI is InChI=1S/C12H14N2/c1-2-10-4-3-9-5-7-13-8-11(9)12(10)14-6-1/h3-5,7-8,10,12,14H,1-2,6H2/t10-,12-/m1/s1. The van der Waals surface area contributed by atoms with Crippen LogP contribution in [0.1, 0.15) is 30.0 Å². The number of piperidine rings is 1. The molecule has 1 aliphatic heterocycles. The number of hydrogen-bond acceptors (Lipinski definition) is 2. The minimum Gasteiger partial charge on any atom is -0.309 e. The Labute approximate surface area is 84.1 Å². The van der Waals surface area contributed by atoms with Gasteiger partial charge in [0.2, 0.25) is 0 Å². The Morgan fingerprint density at radius 2 is 2.43 bits per heavy atom. The molecule has 3 rings (SSSR count). The Bertz CT molecular complexity index is 370. The van der Waals surface area contributed by atoms with Crippen LogP contribution in [-0.2, 0) is 0 Å². The fraction of sp³-hybridized carbons (Fsp3) is 0.417. The lowest BCUT2D eigenvalue weighted by molar-refractivity contribution is 0.332. The average molecular weight is 186 g/mol. The van der Waals surface area contributed by atoms with E-state index < -0.39 is 0 Å². The summed E-state index contributed by atoms with van der Waals surface area (Å²) < 4.78 is 0. The van der Waals surface area contributed by atoms with Gasteiger partial charge in [-0.2, -0.15) is 0 Å². The monoisotopic (exact) mass is 186 g/mol. The quantitative estimate of drug-likeness (QED) is 0.671. The van der Waals surface area contributed by atoms with Gasteiger partial charge in [0.25, 0.3) is 0 Å².